The van der Waals surface area contributed by atoms with Crippen LogP contribution in [0.5, 0.6) is 0 Å². The first kappa shape index (κ1) is 32.2. The van der Waals surface area contributed by atoms with Crippen molar-refractivity contribution in [3.8, 4) is 0 Å². The molecule has 0 radical (unpaired) electrons. The number of rotatable bonds is 19. The molecule has 0 aliphatic heterocycles. The van der Waals surface area contributed by atoms with Crippen LogP contribution in [-0.2, 0) is 24.0 Å². The van der Waals surface area contributed by atoms with Crippen molar-refractivity contribution in [2.45, 2.75) is 88.6 Å². The fourth-order valence-electron chi connectivity index (χ4n) is 3.15. The number of nitrogens with two attached hydrogens (primary N) is 4. The number of hydrogen-bond donors (Lipinski definition) is 9. The maximum absolute atomic E-state index is 13.0. The Morgan fingerprint density at radius 1 is 0.771 bits per heavy atom. The number of carboxylic acids is 1. The summed E-state index contributed by atoms with van der Waals surface area (Å²) < 4.78 is 0. The van der Waals surface area contributed by atoms with Gasteiger partial charge in [-0.05, 0) is 58.5 Å². The van der Waals surface area contributed by atoms with Gasteiger partial charge in [0.2, 0.25) is 23.6 Å². The Morgan fingerprint density at radius 2 is 1.26 bits per heavy atom. The van der Waals surface area contributed by atoms with Crippen LogP contribution < -0.4 is 38.9 Å². The van der Waals surface area contributed by atoms with Gasteiger partial charge in [0.15, 0.2) is 6.04 Å². The molecule has 14 heteroatoms. The molecule has 0 aromatic carbocycles. The van der Waals surface area contributed by atoms with Gasteiger partial charge in [0.25, 0.3) is 0 Å². The zero-order chi connectivity index (χ0) is 27.0. The summed E-state index contributed by atoms with van der Waals surface area (Å²) >= 11 is 0. The Hall–Kier alpha value is -2.81. The van der Waals surface area contributed by atoms with Gasteiger partial charge in [-0.1, -0.05) is 6.42 Å². The summed E-state index contributed by atoms with van der Waals surface area (Å²) in [5.41, 5.74) is 22.0. The molecule has 0 aliphatic rings. The Balaban J connectivity index is 5.50. The number of carbonyl (C=O) groups is 5. The average molecular weight is 504 g/mol. The molecule has 202 valence electrons. The molecule has 13 N–H and O–H groups in total. The third kappa shape index (κ3) is 13.6. The van der Waals surface area contributed by atoms with Crippen molar-refractivity contribution in [1.82, 2.24) is 16.0 Å². The summed E-state index contributed by atoms with van der Waals surface area (Å²) in [6.07, 6.45) is 0.989. The topological polar surface area (TPSA) is 266 Å². The second-order valence-corrected chi connectivity index (χ2v) is 8.37. The summed E-state index contributed by atoms with van der Waals surface area (Å²) in [6, 6.07) is -4.89. The number of aliphatic hydroxyl groups excluding tert-OH is 1. The highest BCUT2D eigenvalue weighted by atomic mass is 16.4. The van der Waals surface area contributed by atoms with Crippen LogP contribution in [0, 0.1) is 0 Å². The predicted octanol–water partition coefficient (Wildman–Crippen LogP) is -3.24. The van der Waals surface area contributed by atoms with Crippen LogP contribution in [0.15, 0.2) is 0 Å². The molecule has 0 fully saturated rings. The number of unbranched alkanes of at least 4 members (excludes halogenated alkanes) is 2. The number of carbonyl (C=O) groups excluding carboxylic acids is 4. The van der Waals surface area contributed by atoms with Gasteiger partial charge in [-0.25, -0.2) is 4.79 Å². The van der Waals surface area contributed by atoms with E-state index in [0.717, 1.165) is 0 Å². The van der Waals surface area contributed by atoms with E-state index in [1.165, 1.54) is 6.92 Å². The van der Waals surface area contributed by atoms with Crippen molar-refractivity contribution in [3.63, 3.8) is 0 Å². The number of carboxylic acid groups (broad SMARTS) is 1. The first-order chi connectivity index (χ1) is 16.4. The molecule has 5 unspecified atom stereocenters. The van der Waals surface area contributed by atoms with E-state index >= 15 is 0 Å². The number of hydrogen-bond acceptors (Lipinski definition) is 9. The van der Waals surface area contributed by atoms with Gasteiger partial charge in [0.05, 0.1) is 12.1 Å². The van der Waals surface area contributed by atoms with Crippen molar-refractivity contribution in [1.29, 1.82) is 0 Å². The Bertz CT molecular complexity index is 706. The predicted molar refractivity (Wildman–Crippen MR) is 127 cm³/mol. The quantitative estimate of drug-likeness (QED) is 0.0794. The fourth-order valence-corrected chi connectivity index (χ4v) is 3.15. The highest BCUT2D eigenvalue weighted by Gasteiger charge is 2.31. The molecular formula is C21H41N7O7. The lowest BCUT2D eigenvalue weighted by molar-refractivity contribution is -0.145. The van der Waals surface area contributed by atoms with Gasteiger partial charge < -0.3 is 49.1 Å². The number of amides is 4. The largest absolute Gasteiger partial charge is 0.480 e. The first-order valence-corrected chi connectivity index (χ1v) is 11.7. The number of primary amides is 1. The lowest BCUT2D eigenvalue weighted by Gasteiger charge is -2.25. The normalized spacial score (nSPS) is 15.2. The van der Waals surface area contributed by atoms with Gasteiger partial charge in [-0.3, -0.25) is 19.2 Å². The zero-order valence-electron chi connectivity index (χ0n) is 20.2. The standard InChI is InChI=1S/C21H41N7O7/c1-12(29)17(21(34)35)28-20(33)14(7-3-5-11-23)27-19(32)15(8-9-16(25)30)26-18(31)13(24)6-2-4-10-22/h12-15,17,29H,2-11,22-24H2,1H3,(H2,25,30)(H,26,31)(H,27,32)(H,28,33)(H,34,35). The summed E-state index contributed by atoms with van der Waals surface area (Å²) in [7, 11) is 0. The molecule has 0 rings (SSSR count). The first-order valence-electron chi connectivity index (χ1n) is 11.7. The number of aliphatic carboxylic acids is 1. The third-order valence-electron chi connectivity index (χ3n) is 5.24. The van der Waals surface area contributed by atoms with Crippen LogP contribution in [0.4, 0.5) is 0 Å². The summed E-state index contributed by atoms with van der Waals surface area (Å²) in [5.74, 6) is -4.36. The molecule has 0 saturated heterocycles. The number of nitrogens with one attached hydrogen (secondary N) is 3. The minimum absolute atomic E-state index is 0.121. The van der Waals surface area contributed by atoms with E-state index in [1.54, 1.807) is 0 Å². The molecule has 0 spiro atoms. The lowest BCUT2D eigenvalue weighted by Crippen LogP contribution is -2.58. The van der Waals surface area contributed by atoms with Crippen molar-refractivity contribution in [2.75, 3.05) is 13.1 Å². The number of aliphatic hydroxyl groups is 1. The Morgan fingerprint density at radius 3 is 1.74 bits per heavy atom. The smallest absolute Gasteiger partial charge is 0.328 e. The van der Waals surface area contributed by atoms with Gasteiger partial charge in [0.1, 0.15) is 12.1 Å². The molecule has 5 atom stereocenters. The van der Waals surface area contributed by atoms with E-state index in [-0.39, 0.29) is 19.3 Å². The zero-order valence-corrected chi connectivity index (χ0v) is 20.2. The summed E-state index contributed by atoms with van der Waals surface area (Å²) in [6.45, 7) is 1.99. The molecule has 0 aromatic heterocycles. The van der Waals surface area contributed by atoms with Gasteiger partial charge in [-0.2, -0.15) is 0 Å². The van der Waals surface area contributed by atoms with Crippen molar-refractivity contribution in [3.05, 3.63) is 0 Å². The van der Waals surface area contributed by atoms with Gasteiger partial charge in [0, 0.05) is 6.42 Å². The van der Waals surface area contributed by atoms with Crippen LogP contribution in [0.2, 0.25) is 0 Å². The molecule has 0 aliphatic carbocycles. The third-order valence-corrected chi connectivity index (χ3v) is 5.24. The molecule has 0 saturated carbocycles. The van der Waals surface area contributed by atoms with Crippen molar-refractivity contribution >= 4 is 29.6 Å². The SMILES string of the molecule is CC(O)C(NC(=O)C(CCCCN)NC(=O)C(CCC(N)=O)NC(=O)C(N)CCCCN)C(=O)O. The second-order valence-electron chi connectivity index (χ2n) is 8.37. The molecule has 0 aromatic rings. The van der Waals surface area contributed by atoms with E-state index in [1.807, 2.05) is 0 Å². The maximum Gasteiger partial charge on any atom is 0.328 e. The fraction of sp³-hybridized carbons (Fsp3) is 0.762. The van der Waals surface area contributed by atoms with Crippen molar-refractivity contribution in [2.24, 2.45) is 22.9 Å². The molecule has 35 heavy (non-hydrogen) atoms. The van der Waals surface area contributed by atoms with E-state index in [9.17, 15) is 34.2 Å². The van der Waals surface area contributed by atoms with Crippen LogP contribution in [-0.4, -0.2) is 83.2 Å². The molecule has 0 heterocycles. The van der Waals surface area contributed by atoms with Gasteiger partial charge >= 0.3 is 5.97 Å². The molecular weight excluding hydrogens is 462 g/mol. The molecule has 4 amide bonds. The highest BCUT2D eigenvalue weighted by molar-refractivity contribution is 5.94. The summed E-state index contributed by atoms with van der Waals surface area (Å²) in [4.78, 5) is 60.8. The maximum atomic E-state index is 13.0. The van der Waals surface area contributed by atoms with Crippen LogP contribution >= 0.6 is 0 Å². The van der Waals surface area contributed by atoms with E-state index in [4.69, 9.17) is 22.9 Å². The Labute approximate surface area is 204 Å². The van der Waals surface area contributed by atoms with E-state index in [2.05, 4.69) is 16.0 Å². The van der Waals surface area contributed by atoms with E-state index < -0.39 is 59.9 Å². The lowest BCUT2D eigenvalue weighted by atomic mass is 10.0. The molecule has 0 bridgehead atoms. The van der Waals surface area contributed by atoms with Crippen LogP contribution in [0.1, 0.15) is 58.3 Å². The Kier molecular flexibility index (Phi) is 16.2. The highest BCUT2D eigenvalue weighted by Crippen LogP contribution is 2.07. The van der Waals surface area contributed by atoms with Crippen molar-refractivity contribution < 1.29 is 34.2 Å². The summed E-state index contributed by atoms with van der Waals surface area (Å²) in [5, 5.41) is 26.0. The second kappa shape index (κ2) is 17.6. The minimum Gasteiger partial charge on any atom is -0.480 e. The van der Waals surface area contributed by atoms with E-state index in [0.29, 0.717) is 45.2 Å². The average Bonchev–Trinajstić information content (AvgIpc) is 2.78. The van der Waals surface area contributed by atoms with Gasteiger partial charge in [-0.15, -0.1) is 0 Å². The molecule has 14 nitrogen and oxygen atoms in total. The van der Waals surface area contributed by atoms with Crippen LogP contribution in [0.3, 0.4) is 0 Å². The minimum atomic E-state index is -1.59. The van der Waals surface area contributed by atoms with Crippen LogP contribution in [0.25, 0.3) is 0 Å². The monoisotopic (exact) mass is 503 g/mol.